The van der Waals surface area contributed by atoms with Gasteiger partial charge in [-0.3, -0.25) is 0 Å². The molecule has 9 nitrogen and oxygen atoms in total. The van der Waals surface area contributed by atoms with Crippen molar-refractivity contribution >= 4 is 27.6 Å². The Labute approximate surface area is 251 Å². The Bertz CT molecular complexity index is 1790. The number of aromatic nitrogens is 2. The lowest BCUT2D eigenvalue weighted by atomic mass is 9.71. The highest BCUT2D eigenvalue weighted by molar-refractivity contribution is 5.85. The van der Waals surface area contributed by atoms with E-state index in [-0.39, 0.29) is 6.10 Å². The van der Waals surface area contributed by atoms with Gasteiger partial charge in [0.1, 0.15) is 11.2 Å². The number of hydrogen-bond donors (Lipinski definition) is 1. The zero-order chi connectivity index (χ0) is 30.7. The molecule has 0 fully saturated rings. The highest BCUT2D eigenvalue weighted by atomic mass is 16.5. The molecular weight excluding hydrogens is 544 g/mol. The molecule has 43 heavy (non-hydrogen) atoms. The molecule has 0 spiro atoms. The fourth-order valence-electron chi connectivity index (χ4n) is 5.55. The summed E-state index contributed by atoms with van der Waals surface area (Å²) in [6, 6.07) is 18.6. The van der Waals surface area contributed by atoms with Crippen LogP contribution in [-0.2, 0) is 5.60 Å². The number of aliphatic hydroxyl groups is 1. The Kier molecular flexibility index (Phi) is 8.53. The Hall–Kier alpha value is -4.65. The number of rotatable bonds is 11. The molecule has 3 heterocycles. The van der Waals surface area contributed by atoms with Crippen LogP contribution in [0.3, 0.4) is 0 Å². The van der Waals surface area contributed by atoms with Crippen molar-refractivity contribution in [3.05, 3.63) is 95.0 Å². The van der Waals surface area contributed by atoms with E-state index < -0.39 is 11.5 Å². The second kappa shape index (κ2) is 12.3. The molecule has 3 aromatic heterocycles. The Morgan fingerprint density at radius 1 is 0.977 bits per heavy atom. The lowest BCUT2D eigenvalue weighted by molar-refractivity contribution is 0.00427. The van der Waals surface area contributed by atoms with E-state index in [1.807, 2.05) is 69.2 Å². The van der Waals surface area contributed by atoms with E-state index in [0.29, 0.717) is 64.1 Å². The van der Waals surface area contributed by atoms with Gasteiger partial charge in [0.15, 0.2) is 5.69 Å². The fourth-order valence-corrected chi connectivity index (χ4v) is 5.55. The molecule has 2 aromatic carbocycles. The third kappa shape index (κ3) is 5.98. The number of benzene rings is 2. The van der Waals surface area contributed by atoms with Gasteiger partial charge in [-0.25, -0.2) is 9.83 Å². The number of hydrogen-bond acceptors (Lipinski definition) is 8. The average molecular weight is 581 g/mol. The van der Waals surface area contributed by atoms with Gasteiger partial charge in [0.25, 0.3) is 0 Å². The number of furan rings is 1. The maximum atomic E-state index is 13.2. The van der Waals surface area contributed by atoms with Crippen LogP contribution in [0, 0.1) is 6.57 Å². The Morgan fingerprint density at radius 3 is 2.47 bits per heavy atom. The van der Waals surface area contributed by atoms with Gasteiger partial charge in [0.2, 0.25) is 17.6 Å². The SMILES string of the molecule is [C-]#[N+]c1ccc2nc(OC)c(C(c3cc(OC)nc(OC(C)C)c3)C(O)(CCN(C)C)c3cccc4ccoc34)cc2c1. The molecule has 0 aliphatic carbocycles. The van der Waals surface area contributed by atoms with Crippen molar-refractivity contribution in [2.75, 3.05) is 34.9 Å². The second-order valence-electron chi connectivity index (χ2n) is 11.1. The lowest BCUT2D eigenvalue weighted by Crippen LogP contribution is -2.38. The summed E-state index contributed by atoms with van der Waals surface area (Å²) in [5, 5.41) is 14.8. The summed E-state index contributed by atoms with van der Waals surface area (Å²) >= 11 is 0. The maximum Gasteiger partial charge on any atom is 0.217 e. The van der Waals surface area contributed by atoms with Gasteiger partial charge in [0.05, 0.1) is 38.7 Å². The van der Waals surface area contributed by atoms with Crippen LogP contribution < -0.4 is 14.2 Å². The van der Waals surface area contributed by atoms with Gasteiger partial charge < -0.3 is 28.6 Å². The zero-order valence-electron chi connectivity index (χ0n) is 25.3. The second-order valence-corrected chi connectivity index (χ2v) is 11.1. The van der Waals surface area contributed by atoms with E-state index in [9.17, 15) is 5.11 Å². The first kappa shape index (κ1) is 29.8. The molecule has 5 aromatic rings. The van der Waals surface area contributed by atoms with Gasteiger partial charge in [-0.1, -0.05) is 24.3 Å². The first-order valence-electron chi connectivity index (χ1n) is 14.1. The summed E-state index contributed by atoms with van der Waals surface area (Å²) in [6.45, 7) is 12.0. The lowest BCUT2D eigenvalue weighted by Gasteiger charge is -2.39. The minimum Gasteiger partial charge on any atom is -0.481 e. The van der Waals surface area contributed by atoms with Gasteiger partial charge in [-0.15, -0.1) is 0 Å². The van der Waals surface area contributed by atoms with Crippen molar-refractivity contribution < 1.29 is 23.7 Å². The number of pyridine rings is 2. The third-order valence-corrected chi connectivity index (χ3v) is 7.49. The fraction of sp³-hybridized carbons (Fsp3) is 0.324. The van der Waals surface area contributed by atoms with Gasteiger partial charge in [-0.05, 0) is 69.6 Å². The van der Waals surface area contributed by atoms with E-state index in [4.69, 9.17) is 30.2 Å². The van der Waals surface area contributed by atoms with Crippen LogP contribution >= 0.6 is 0 Å². The summed E-state index contributed by atoms with van der Waals surface area (Å²) < 4.78 is 23.5. The molecule has 0 aliphatic heterocycles. The smallest absolute Gasteiger partial charge is 0.217 e. The number of fused-ring (bicyclic) bond motifs is 2. The van der Waals surface area contributed by atoms with Crippen molar-refractivity contribution in [2.45, 2.75) is 37.9 Å². The quantitative estimate of drug-likeness (QED) is 0.173. The number of para-hydroxylation sites is 1. The predicted molar refractivity (Wildman–Crippen MR) is 166 cm³/mol. The van der Waals surface area contributed by atoms with Crippen molar-refractivity contribution in [1.29, 1.82) is 0 Å². The van der Waals surface area contributed by atoms with Gasteiger partial charge >= 0.3 is 0 Å². The molecule has 0 saturated carbocycles. The molecule has 5 rings (SSSR count). The molecule has 2 unspecified atom stereocenters. The van der Waals surface area contributed by atoms with E-state index in [0.717, 1.165) is 10.8 Å². The standard InChI is InChI=1S/C34H36N4O5/c1-21(2)43-30-20-24(19-29(37-30)40-6)31(26-18-23-17-25(35-3)11-12-28(23)36-33(26)41-7)34(39,14-15-38(4)5)27-10-8-9-22-13-16-42-32(22)27/h8-13,16-21,31,39H,14-15H2,1-2,4-7H3. The van der Waals surface area contributed by atoms with Crippen molar-refractivity contribution in [2.24, 2.45) is 0 Å². The monoisotopic (exact) mass is 580 g/mol. The largest absolute Gasteiger partial charge is 0.481 e. The van der Waals surface area contributed by atoms with Crippen LogP contribution in [0.15, 0.2) is 71.3 Å². The molecule has 0 saturated heterocycles. The average Bonchev–Trinajstić information content (AvgIpc) is 3.48. The molecular formula is C34H36N4O5. The molecule has 9 heteroatoms. The summed E-state index contributed by atoms with van der Waals surface area (Å²) in [5.74, 6) is 0.305. The molecule has 222 valence electrons. The van der Waals surface area contributed by atoms with Crippen LogP contribution in [0.5, 0.6) is 17.6 Å². The molecule has 1 N–H and O–H groups in total. The van der Waals surface area contributed by atoms with Crippen molar-refractivity contribution in [3.8, 4) is 17.6 Å². The zero-order valence-corrected chi connectivity index (χ0v) is 25.3. The van der Waals surface area contributed by atoms with Crippen LogP contribution in [0.4, 0.5) is 5.69 Å². The van der Waals surface area contributed by atoms with E-state index in [1.165, 1.54) is 0 Å². The molecule has 2 atom stereocenters. The Morgan fingerprint density at radius 2 is 1.77 bits per heavy atom. The van der Waals surface area contributed by atoms with Crippen molar-refractivity contribution in [1.82, 2.24) is 14.9 Å². The van der Waals surface area contributed by atoms with Gasteiger partial charge in [-0.2, -0.15) is 4.98 Å². The molecule has 0 amide bonds. The van der Waals surface area contributed by atoms with Crippen LogP contribution in [0.2, 0.25) is 0 Å². The maximum absolute atomic E-state index is 13.2. The number of methoxy groups -OCH3 is 2. The van der Waals surface area contributed by atoms with Crippen LogP contribution in [0.25, 0.3) is 26.7 Å². The molecule has 0 aliphatic rings. The molecule has 0 bridgehead atoms. The summed E-state index contributed by atoms with van der Waals surface area (Å²) in [7, 11) is 7.05. The number of nitrogens with zero attached hydrogens (tertiary/aromatic N) is 4. The normalized spacial score (nSPS) is 13.7. The predicted octanol–water partition coefficient (Wildman–Crippen LogP) is 6.70. The topological polar surface area (TPSA) is 94.4 Å². The minimum atomic E-state index is -1.54. The van der Waals surface area contributed by atoms with Crippen LogP contribution in [0.1, 0.15) is 42.9 Å². The Balaban J connectivity index is 1.88. The van der Waals surface area contributed by atoms with E-state index >= 15 is 0 Å². The highest BCUT2D eigenvalue weighted by Gasteiger charge is 2.44. The summed E-state index contributed by atoms with van der Waals surface area (Å²) in [4.78, 5) is 15.0. The van der Waals surface area contributed by atoms with E-state index in [2.05, 4.69) is 9.83 Å². The number of ether oxygens (including phenoxy) is 3. The first-order valence-corrected chi connectivity index (χ1v) is 14.1. The summed E-state index contributed by atoms with van der Waals surface area (Å²) in [6.07, 6.45) is 1.82. The van der Waals surface area contributed by atoms with Crippen LogP contribution in [-0.4, -0.2) is 60.9 Å². The summed E-state index contributed by atoms with van der Waals surface area (Å²) in [5.41, 5.74) is 2.16. The van der Waals surface area contributed by atoms with Crippen molar-refractivity contribution in [3.63, 3.8) is 0 Å². The highest BCUT2D eigenvalue weighted by Crippen LogP contribution is 2.50. The minimum absolute atomic E-state index is 0.140. The molecule has 0 radical (unpaired) electrons. The first-order chi connectivity index (χ1) is 20.7. The third-order valence-electron chi connectivity index (χ3n) is 7.49. The van der Waals surface area contributed by atoms with E-state index in [1.54, 1.807) is 44.7 Å². The van der Waals surface area contributed by atoms with Gasteiger partial charge in [0, 0.05) is 41.1 Å².